The van der Waals surface area contributed by atoms with Gasteiger partial charge in [0.15, 0.2) is 0 Å². The van der Waals surface area contributed by atoms with E-state index >= 15 is 0 Å². The second-order valence-electron chi connectivity index (χ2n) is 6.70. The summed E-state index contributed by atoms with van der Waals surface area (Å²) in [5.41, 5.74) is 5.88. The van der Waals surface area contributed by atoms with Gasteiger partial charge in [0.1, 0.15) is 0 Å². The molecule has 0 aliphatic carbocycles. The number of rotatable bonds is 5. The third kappa shape index (κ3) is 3.77. The van der Waals surface area contributed by atoms with Crippen LogP contribution in [0.15, 0.2) is 66.7 Å². The van der Waals surface area contributed by atoms with Crippen molar-refractivity contribution < 1.29 is 9.90 Å². The van der Waals surface area contributed by atoms with Crippen LogP contribution in [0, 0.1) is 0 Å². The maximum Gasteiger partial charge on any atom is 0.307 e. The number of nitrogens with one attached hydrogen (secondary N) is 1. The number of carboxylic acids is 1. The topological polar surface area (TPSA) is 53.1 Å². The van der Waals surface area contributed by atoms with Gasteiger partial charge in [-0.05, 0) is 40.5 Å². The Bertz CT molecular complexity index is 1160. The van der Waals surface area contributed by atoms with Gasteiger partial charge in [-0.2, -0.15) is 0 Å². The maximum absolute atomic E-state index is 11.3. The lowest BCUT2D eigenvalue weighted by molar-refractivity contribution is -0.136. The fourth-order valence-electron chi connectivity index (χ4n) is 3.45. The predicted octanol–water partition coefficient (Wildman–Crippen LogP) is 6.36. The summed E-state index contributed by atoms with van der Waals surface area (Å²) in [6.07, 6.45) is 0.639. The highest BCUT2D eigenvalue weighted by molar-refractivity contribution is 6.42. The van der Waals surface area contributed by atoms with Gasteiger partial charge in [-0.3, -0.25) is 4.79 Å². The molecule has 0 saturated carbocycles. The number of hydrogen-bond acceptors (Lipinski definition) is 1. The van der Waals surface area contributed by atoms with Gasteiger partial charge in [-0.15, -0.1) is 0 Å². The van der Waals surface area contributed by atoms with Gasteiger partial charge in [0, 0.05) is 23.0 Å². The summed E-state index contributed by atoms with van der Waals surface area (Å²) in [6, 6.07) is 21.5. The van der Waals surface area contributed by atoms with Crippen LogP contribution in [0.4, 0.5) is 0 Å². The summed E-state index contributed by atoms with van der Waals surface area (Å²) >= 11 is 12.1. The van der Waals surface area contributed by atoms with Crippen molar-refractivity contribution in [2.75, 3.05) is 0 Å². The molecule has 0 saturated heterocycles. The van der Waals surface area contributed by atoms with Crippen LogP contribution in [0.5, 0.6) is 0 Å². The average molecular weight is 410 g/mol. The Morgan fingerprint density at radius 3 is 2.32 bits per heavy atom. The smallest absolute Gasteiger partial charge is 0.307 e. The molecule has 0 radical (unpaired) electrons. The van der Waals surface area contributed by atoms with E-state index in [0.717, 1.165) is 38.9 Å². The minimum atomic E-state index is -0.832. The molecule has 0 aliphatic heterocycles. The van der Waals surface area contributed by atoms with E-state index in [1.165, 1.54) is 0 Å². The molecule has 0 unspecified atom stereocenters. The molecule has 3 aromatic carbocycles. The number of H-pyrrole nitrogens is 1. The number of fused-ring (bicyclic) bond motifs is 1. The summed E-state index contributed by atoms with van der Waals surface area (Å²) in [5.74, 6) is -0.832. The zero-order valence-electron chi connectivity index (χ0n) is 14.9. The molecule has 3 nitrogen and oxygen atoms in total. The molecular weight excluding hydrogens is 393 g/mol. The Hall–Kier alpha value is -2.75. The minimum absolute atomic E-state index is 0.000698. The molecule has 4 rings (SSSR count). The van der Waals surface area contributed by atoms with Crippen LogP contribution in [0.25, 0.3) is 22.0 Å². The highest BCUT2D eigenvalue weighted by Crippen LogP contribution is 2.29. The van der Waals surface area contributed by atoms with Crippen molar-refractivity contribution in [1.29, 1.82) is 0 Å². The number of carbonyl (C=O) groups is 1. The Morgan fingerprint density at radius 2 is 1.61 bits per heavy atom. The Labute approximate surface area is 172 Å². The molecule has 1 heterocycles. The van der Waals surface area contributed by atoms with Crippen LogP contribution in [0.3, 0.4) is 0 Å². The Balaban J connectivity index is 1.64. The fraction of sp³-hybridized carbons (Fsp3) is 0.0870. The van der Waals surface area contributed by atoms with E-state index in [1.807, 2.05) is 60.7 Å². The highest BCUT2D eigenvalue weighted by Gasteiger charge is 2.14. The molecule has 4 aromatic rings. The van der Waals surface area contributed by atoms with Gasteiger partial charge in [-0.25, -0.2) is 0 Å². The maximum atomic E-state index is 11.3. The van der Waals surface area contributed by atoms with Crippen molar-refractivity contribution >= 4 is 40.1 Å². The molecule has 28 heavy (non-hydrogen) atoms. The number of aromatic nitrogens is 1. The van der Waals surface area contributed by atoms with Crippen LogP contribution < -0.4 is 0 Å². The Kier molecular flexibility index (Phi) is 5.12. The number of benzene rings is 3. The van der Waals surface area contributed by atoms with Gasteiger partial charge in [0.05, 0.1) is 16.5 Å². The monoisotopic (exact) mass is 409 g/mol. The normalized spacial score (nSPS) is 11.1. The third-order valence-electron chi connectivity index (χ3n) is 4.82. The molecule has 5 heteroatoms. The van der Waals surface area contributed by atoms with Crippen molar-refractivity contribution in [3.05, 3.63) is 93.6 Å². The van der Waals surface area contributed by atoms with Crippen LogP contribution >= 0.6 is 23.2 Å². The van der Waals surface area contributed by atoms with Crippen LogP contribution in [-0.4, -0.2) is 16.1 Å². The van der Waals surface area contributed by atoms with E-state index in [4.69, 9.17) is 23.2 Å². The molecule has 0 bridgehead atoms. The lowest BCUT2D eigenvalue weighted by atomic mass is 9.99. The van der Waals surface area contributed by atoms with Crippen LogP contribution in [-0.2, 0) is 17.6 Å². The van der Waals surface area contributed by atoms with Gasteiger partial charge < -0.3 is 10.1 Å². The van der Waals surface area contributed by atoms with Crippen molar-refractivity contribution in [2.45, 2.75) is 12.8 Å². The van der Waals surface area contributed by atoms with Crippen LogP contribution in [0.1, 0.15) is 16.8 Å². The second kappa shape index (κ2) is 7.70. The van der Waals surface area contributed by atoms with Crippen molar-refractivity contribution in [3.8, 4) is 11.1 Å². The SMILES string of the molecule is O=C(O)Cc1c(Cc2ccc(-c3ccc(Cl)c(Cl)c3)cc2)[nH]c2ccccc12. The second-order valence-corrected chi connectivity index (χ2v) is 7.52. The summed E-state index contributed by atoms with van der Waals surface area (Å²) in [6.45, 7) is 0. The zero-order valence-corrected chi connectivity index (χ0v) is 16.4. The lowest BCUT2D eigenvalue weighted by Gasteiger charge is -2.07. The van der Waals surface area contributed by atoms with E-state index in [0.29, 0.717) is 16.5 Å². The van der Waals surface area contributed by atoms with E-state index in [1.54, 1.807) is 6.07 Å². The first-order valence-corrected chi connectivity index (χ1v) is 9.61. The molecule has 0 fully saturated rings. The molecule has 0 amide bonds. The van der Waals surface area contributed by atoms with Gasteiger partial charge in [-0.1, -0.05) is 71.7 Å². The van der Waals surface area contributed by atoms with E-state index in [-0.39, 0.29) is 6.42 Å². The van der Waals surface area contributed by atoms with Gasteiger partial charge >= 0.3 is 5.97 Å². The number of aliphatic carboxylic acids is 1. The zero-order chi connectivity index (χ0) is 19.7. The molecule has 0 aliphatic rings. The number of hydrogen-bond donors (Lipinski definition) is 2. The van der Waals surface area contributed by atoms with Crippen molar-refractivity contribution in [2.24, 2.45) is 0 Å². The summed E-state index contributed by atoms with van der Waals surface area (Å²) in [5, 5.41) is 11.3. The predicted molar refractivity (Wildman–Crippen MR) is 114 cm³/mol. The standard InChI is InChI=1S/C23H17Cl2NO2/c24-19-10-9-16(12-20(19)25)15-7-5-14(6-8-15)11-22-18(13-23(27)28)17-3-1-2-4-21(17)26-22/h1-10,12,26H,11,13H2,(H,27,28). The number of carboxylic acid groups (broad SMARTS) is 1. The highest BCUT2D eigenvalue weighted by atomic mass is 35.5. The molecule has 0 atom stereocenters. The fourth-order valence-corrected chi connectivity index (χ4v) is 3.75. The van der Waals surface area contributed by atoms with Crippen molar-refractivity contribution in [1.82, 2.24) is 4.98 Å². The Morgan fingerprint density at radius 1 is 0.893 bits per heavy atom. The van der Waals surface area contributed by atoms with E-state index in [9.17, 15) is 9.90 Å². The first kappa shape index (κ1) is 18.6. The largest absolute Gasteiger partial charge is 0.481 e. The molecular formula is C23H17Cl2NO2. The number of para-hydroxylation sites is 1. The molecule has 1 aromatic heterocycles. The number of halogens is 2. The van der Waals surface area contributed by atoms with Gasteiger partial charge in [0.2, 0.25) is 0 Å². The lowest BCUT2D eigenvalue weighted by Crippen LogP contribution is -2.03. The molecule has 140 valence electrons. The third-order valence-corrected chi connectivity index (χ3v) is 5.56. The van der Waals surface area contributed by atoms with E-state index < -0.39 is 5.97 Å². The first-order chi connectivity index (χ1) is 13.5. The average Bonchev–Trinajstić information content (AvgIpc) is 3.01. The van der Waals surface area contributed by atoms with E-state index in [2.05, 4.69) is 4.98 Å². The van der Waals surface area contributed by atoms with Crippen molar-refractivity contribution in [3.63, 3.8) is 0 Å². The summed E-state index contributed by atoms with van der Waals surface area (Å²) in [7, 11) is 0. The first-order valence-electron chi connectivity index (χ1n) is 8.86. The molecule has 0 spiro atoms. The quantitative estimate of drug-likeness (QED) is 0.402. The summed E-state index contributed by atoms with van der Waals surface area (Å²) in [4.78, 5) is 14.7. The number of aromatic amines is 1. The van der Waals surface area contributed by atoms with Crippen LogP contribution in [0.2, 0.25) is 10.0 Å². The summed E-state index contributed by atoms with van der Waals surface area (Å²) < 4.78 is 0. The van der Waals surface area contributed by atoms with Gasteiger partial charge in [0.25, 0.3) is 0 Å². The minimum Gasteiger partial charge on any atom is -0.481 e. The molecule has 2 N–H and O–H groups in total.